The van der Waals surface area contributed by atoms with Crippen molar-refractivity contribution in [3.05, 3.63) is 47.5 Å². The van der Waals surface area contributed by atoms with Crippen LogP contribution in [0.5, 0.6) is 17.2 Å². The SMILES string of the molecule is COc1cc(C(=O)NCCn2ccc(-c3cccs3)n2)cc(OC)c1OC. The number of nitrogens with zero attached hydrogens (tertiary/aromatic N) is 2. The van der Waals surface area contributed by atoms with Crippen LogP contribution in [0.4, 0.5) is 0 Å². The molecule has 1 aromatic carbocycles. The molecule has 0 atom stereocenters. The summed E-state index contributed by atoms with van der Waals surface area (Å²) in [5.41, 5.74) is 1.37. The molecule has 27 heavy (non-hydrogen) atoms. The van der Waals surface area contributed by atoms with Crippen molar-refractivity contribution >= 4 is 17.2 Å². The topological polar surface area (TPSA) is 74.6 Å². The zero-order valence-corrected chi connectivity index (χ0v) is 16.2. The van der Waals surface area contributed by atoms with Crippen LogP contribution in [0.2, 0.25) is 0 Å². The molecule has 1 amide bonds. The predicted octanol–water partition coefficient (Wildman–Crippen LogP) is 3.07. The highest BCUT2D eigenvalue weighted by atomic mass is 32.1. The molecule has 0 radical (unpaired) electrons. The summed E-state index contributed by atoms with van der Waals surface area (Å²) in [6, 6.07) is 9.24. The van der Waals surface area contributed by atoms with Gasteiger partial charge in [0.1, 0.15) is 5.69 Å². The van der Waals surface area contributed by atoms with Crippen LogP contribution in [-0.4, -0.2) is 43.6 Å². The van der Waals surface area contributed by atoms with E-state index in [0.29, 0.717) is 35.9 Å². The Morgan fingerprint density at radius 1 is 1.15 bits per heavy atom. The fourth-order valence-corrected chi connectivity index (χ4v) is 3.33. The number of aromatic nitrogens is 2. The van der Waals surface area contributed by atoms with Crippen molar-refractivity contribution in [3.8, 4) is 27.8 Å². The maximum absolute atomic E-state index is 12.5. The third-order valence-electron chi connectivity index (χ3n) is 3.97. The number of thiophene rings is 1. The summed E-state index contributed by atoms with van der Waals surface area (Å²) in [5.74, 6) is 1.11. The molecule has 0 fully saturated rings. The predicted molar refractivity (Wildman–Crippen MR) is 104 cm³/mol. The lowest BCUT2D eigenvalue weighted by atomic mass is 10.1. The van der Waals surface area contributed by atoms with Crippen molar-refractivity contribution < 1.29 is 19.0 Å². The number of amides is 1. The molecule has 3 aromatic rings. The van der Waals surface area contributed by atoms with Gasteiger partial charge < -0.3 is 19.5 Å². The summed E-state index contributed by atoms with van der Waals surface area (Å²) in [6.45, 7) is 1.02. The molecular formula is C19H21N3O4S. The first-order valence-electron chi connectivity index (χ1n) is 8.31. The van der Waals surface area contributed by atoms with Crippen LogP contribution in [0, 0.1) is 0 Å². The molecule has 2 aromatic heterocycles. The van der Waals surface area contributed by atoms with E-state index in [-0.39, 0.29) is 5.91 Å². The highest BCUT2D eigenvalue weighted by Gasteiger charge is 2.16. The maximum Gasteiger partial charge on any atom is 0.251 e. The van der Waals surface area contributed by atoms with E-state index in [2.05, 4.69) is 10.4 Å². The Kier molecular flexibility index (Phi) is 5.97. The number of nitrogens with one attached hydrogen (secondary N) is 1. The molecule has 8 heteroatoms. The van der Waals surface area contributed by atoms with Gasteiger partial charge in [0.25, 0.3) is 5.91 Å². The van der Waals surface area contributed by atoms with E-state index in [1.165, 1.54) is 21.3 Å². The van der Waals surface area contributed by atoms with Gasteiger partial charge in [-0.25, -0.2) is 0 Å². The molecule has 3 rings (SSSR count). The van der Waals surface area contributed by atoms with Gasteiger partial charge in [-0.3, -0.25) is 9.48 Å². The van der Waals surface area contributed by atoms with Gasteiger partial charge in [-0.15, -0.1) is 11.3 Å². The van der Waals surface area contributed by atoms with Gasteiger partial charge in [0.15, 0.2) is 11.5 Å². The Labute approximate surface area is 161 Å². The number of hydrogen-bond acceptors (Lipinski definition) is 6. The second kappa shape index (κ2) is 8.59. The van der Waals surface area contributed by atoms with Crippen LogP contribution in [0.1, 0.15) is 10.4 Å². The van der Waals surface area contributed by atoms with Crippen LogP contribution in [0.15, 0.2) is 41.9 Å². The third-order valence-corrected chi connectivity index (χ3v) is 4.86. The lowest BCUT2D eigenvalue weighted by molar-refractivity contribution is 0.0951. The highest BCUT2D eigenvalue weighted by Crippen LogP contribution is 2.38. The summed E-state index contributed by atoms with van der Waals surface area (Å²) >= 11 is 1.65. The van der Waals surface area contributed by atoms with Crippen LogP contribution in [0.3, 0.4) is 0 Å². The molecule has 0 aliphatic carbocycles. The fraction of sp³-hybridized carbons (Fsp3) is 0.263. The summed E-state index contributed by atoms with van der Waals surface area (Å²) in [7, 11) is 4.55. The zero-order chi connectivity index (χ0) is 19.2. The van der Waals surface area contributed by atoms with Crippen molar-refractivity contribution in [1.29, 1.82) is 0 Å². The molecule has 1 N–H and O–H groups in total. The minimum Gasteiger partial charge on any atom is -0.493 e. The molecule has 0 aliphatic heterocycles. The van der Waals surface area contributed by atoms with Gasteiger partial charge >= 0.3 is 0 Å². The standard InChI is InChI=1S/C19H21N3O4S/c1-24-15-11-13(12-16(25-2)18(15)26-3)19(23)20-7-9-22-8-6-14(21-22)17-5-4-10-27-17/h4-6,8,10-12H,7,9H2,1-3H3,(H,20,23). The number of carbonyl (C=O) groups excluding carboxylic acids is 1. The van der Waals surface area contributed by atoms with Gasteiger partial charge in [0, 0.05) is 18.3 Å². The van der Waals surface area contributed by atoms with E-state index in [9.17, 15) is 4.79 Å². The quantitative estimate of drug-likeness (QED) is 0.643. The normalized spacial score (nSPS) is 10.5. The Balaban J connectivity index is 1.62. The maximum atomic E-state index is 12.5. The Morgan fingerprint density at radius 2 is 1.89 bits per heavy atom. The van der Waals surface area contributed by atoms with Gasteiger partial charge in [-0.2, -0.15) is 5.10 Å². The number of carbonyl (C=O) groups is 1. The summed E-state index contributed by atoms with van der Waals surface area (Å²) in [4.78, 5) is 13.6. The van der Waals surface area contributed by atoms with E-state index in [0.717, 1.165) is 10.6 Å². The first-order chi connectivity index (χ1) is 13.2. The molecule has 0 saturated carbocycles. The van der Waals surface area contributed by atoms with Crippen LogP contribution < -0.4 is 19.5 Å². The Morgan fingerprint density at radius 3 is 2.48 bits per heavy atom. The van der Waals surface area contributed by atoms with Gasteiger partial charge in [-0.1, -0.05) is 6.07 Å². The number of rotatable bonds is 8. The number of benzene rings is 1. The summed E-state index contributed by atoms with van der Waals surface area (Å²) in [6.07, 6.45) is 1.90. The number of ether oxygens (including phenoxy) is 3. The van der Waals surface area contributed by atoms with E-state index in [1.807, 2.05) is 34.5 Å². The average Bonchev–Trinajstić information content (AvgIpc) is 3.38. The smallest absolute Gasteiger partial charge is 0.251 e. The Bertz CT molecular complexity index is 881. The lowest BCUT2D eigenvalue weighted by Crippen LogP contribution is -2.27. The van der Waals surface area contributed by atoms with Crippen molar-refractivity contribution in [2.75, 3.05) is 27.9 Å². The van der Waals surface area contributed by atoms with E-state index in [4.69, 9.17) is 14.2 Å². The lowest BCUT2D eigenvalue weighted by Gasteiger charge is -2.14. The Hall–Kier alpha value is -3.00. The second-order valence-corrected chi connectivity index (χ2v) is 6.56. The minimum absolute atomic E-state index is 0.222. The molecule has 0 saturated heterocycles. The molecule has 0 unspecified atom stereocenters. The first kappa shape index (κ1) is 18.8. The van der Waals surface area contributed by atoms with Crippen molar-refractivity contribution in [2.24, 2.45) is 0 Å². The van der Waals surface area contributed by atoms with Gasteiger partial charge in [0.05, 0.1) is 32.8 Å². The number of hydrogen-bond donors (Lipinski definition) is 1. The van der Waals surface area contributed by atoms with Crippen LogP contribution in [-0.2, 0) is 6.54 Å². The van der Waals surface area contributed by atoms with Gasteiger partial charge in [-0.05, 0) is 29.6 Å². The summed E-state index contributed by atoms with van der Waals surface area (Å²) < 4.78 is 17.6. The average molecular weight is 387 g/mol. The summed E-state index contributed by atoms with van der Waals surface area (Å²) in [5, 5.41) is 9.42. The molecule has 2 heterocycles. The number of methoxy groups -OCH3 is 3. The zero-order valence-electron chi connectivity index (χ0n) is 15.4. The fourth-order valence-electron chi connectivity index (χ4n) is 2.64. The molecule has 7 nitrogen and oxygen atoms in total. The van der Waals surface area contributed by atoms with E-state index < -0.39 is 0 Å². The highest BCUT2D eigenvalue weighted by molar-refractivity contribution is 7.13. The van der Waals surface area contributed by atoms with Gasteiger partial charge in [0.2, 0.25) is 5.75 Å². The molecule has 0 spiro atoms. The van der Waals surface area contributed by atoms with Crippen molar-refractivity contribution in [1.82, 2.24) is 15.1 Å². The van der Waals surface area contributed by atoms with Crippen LogP contribution >= 0.6 is 11.3 Å². The largest absolute Gasteiger partial charge is 0.493 e. The monoisotopic (exact) mass is 387 g/mol. The molecule has 0 aliphatic rings. The third kappa shape index (κ3) is 4.22. The second-order valence-electron chi connectivity index (χ2n) is 5.61. The molecular weight excluding hydrogens is 366 g/mol. The van der Waals surface area contributed by atoms with E-state index >= 15 is 0 Å². The molecule has 142 valence electrons. The minimum atomic E-state index is -0.222. The first-order valence-corrected chi connectivity index (χ1v) is 9.19. The van der Waals surface area contributed by atoms with E-state index in [1.54, 1.807) is 23.5 Å². The molecule has 0 bridgehead atoms. The van der Waals surface area contributed by atoms with Crippen molar-refractivity contribution in [3.63, 3.8) is 0 Å². The van der Waals surface area contributed by atoms with Crippen molar-refractivity contribution in [2.45, 2.75) is 6.54 Å². The van der Waals surface area contributed by atoms with Crippen LogP contribution in [0.25, 0.3) is 10.6 Å².